The Morgan fingerprint density at radius 2 is 1.39 bits per heavy atom. The average molecular weight is 480 g/mol. The second kappa shape index (κ2) is 4.83. The standard InChI is InChI=1S/C14H11.CF2.Cf/c1-2-12-8-10-14(11-9-12)13-6-4-3-5-7-13;2-1-3;/h2,4-11H,1H2;;. The second-order valence-corrected chi connectivity index (χ2v) is 6.74. The summed E-state index contributed by atoms with van der Waals surface area (Å²) in [6, 6.07) is 16.2. The number of benzene rings is 2. The zero-order valence-corrected chi connectivity index (χ0v) is 12.1. The van der Waals surface area contributed by atoms with Crippen LogP contribution in [0.1, 0.15) is 5.56 Å². The Hall–Kier alpha value is -3.09. The molecule has 95 valence electrons. The third kappa shape index (κ3) is 2.53. The van der Waals surface area contributed by atoms with Gasteiger partial charge < -0.3 is 0 Å². The molecule has 0 aliphatic carbocycles. The van der Waals surface area contributed by atoms with Crippen molar-refractivity contribution in [3.8, 4) is 11.1 Å². The first-order valence-corrected chi connectivity index (χ1v) is 7.92. The summed E-state index contributed by atoms with van der Waals surface area (Å²) in [7, 11) is 0. The molecule has 0 bridgehead atoms. The summed E-state index contributed by atoms with van der Waals surface area (Å²) >= 11 is 0. The summed E-state index contributed by atoms with van der Waals surface area (Å²) in [6.45, 7) is 2.29. The van der Waals surface area contributed by atoms with Gasteiger partial charge in [0.1, 0.15) is 0 Å². The van der Waals surface area contributed by atoms with Gasteiger partial charge in [-0.3, -0.25) is 0 Å². The van der Waals surface area contributed by atoms with Crippen molar-refractivity contribution in [2.24, 2.45) is 0 Å². The molecule has 0 unspecified atom stereocenters. The van der Waals surface area contributed by atoms with E-state index in [-0.39, 0.29) is 0 Å². The molecule has 0 atom stereocenters. The molecule has 0 radical (unpaired) electrons. The first kappa shape index (κ1) is 11.4. The first-order chi connectivity index (χ1) is 8.69. The zero-order chi connectivity index (χ0) is 13.0. The number of rotatable bonds is 3. The van der Waals surface area contributed by atoms with E-state index in [1.807, 2.05) is 36.4 Å². The molecular weight excluding hydrogens is 469 g/mol. The second-order valence-electron chi connectivity index (χ2n) is 3.57. The van der Waals surface area contributed by atoms with Crippen LogP contribution in [0, 0.1) is 0 Å². The Bertz CT molecular complexity index is 564. The van der Waals surface area contributed by atoms with Crippen LogP contribution in [0.5, 0.6) is 0 Å². The molecule has 0 nitrogen and oxygen atoms in total. The molecule has 0 fully saturated rings. The van der Waals surface area contributed by atoms with Gasteiger partial charge >= 0.3 is 99.7 Å². The van der Waals surface area contributed by atoms with Crippen molar-refractivity contribution in [3.05, 3.63) is 60.7 Å². The van der Waals surface area contributed by atoms with Gasteiger partial charge in [0.05, 0.1) is 0 Å². The van der Waals surface area contributed by atoms with Crippen LogP contribution in [0.4, 0.5) is 8.78 Å². The molecule has 0 amide bonds. The van der Waals surface area contributed by atoms with Crippen molar-refractivity contribution in [2.45, 2.75) is 0 Å². The molecule has 0 spiro atoms. The summed E-state index contributed by atoms with van der Waals surface area (Å²) in [4.78, 5) is 0. The van der Waals surface area contributed by atoms with Gasteiger partial charge in [-0.05, 0) is 0 Å². The maximum absolute atomic E-state index is 12.2. The molecule has 2 aromatic rings. The van der Waals surface area contributed by atoms with Crippen LogP contribution in [0.2, 0.25) is 0 Å². The summed E-state index contributed by atoms with van der Waals surface area (Å²) in [5.41, 5.74) is 3.20. The topological polar surface area (TPSA) is 0 Å². The number of hydrogen-bond acceptors (Lipinski definition) is 0. The van der Waals surface area contributed by atoms with E-state index in [4.69, 9.17) is 0 Å². The van der Waals surface area contributed by atoms with E-state index < -0.39 is 6.93 Å². The van der Waals surface area contributed by atoms with Crippen LogP contribution in [-0.2, 0) is 0 Å². The summed E-state index contributed by atoms with van der Waals surface area (Å²) < 4.78 is 22.8. The van der Waals surface area contributed by atoms with E-state index in [0.29, 0.717) is 0 Å². The Kier molecular flexibility index (Phi) is 3.06. The monoisotopic (exact) mass is 478 g/mol. The van der Waals surface area contributed by atoms with E-state index in [1.165, 1.54) is 0 Å². The van der Waals surface area contributed by atoms with Gasteiger partial charge in [-0.1, -0.05) is 0 Å². The zero-order valence-electron chi connectivity index (χ0n) is 9.48. The summed E-state index contributed by atoms with van der Waals surface area (Å²) in [6.07, 6.45) is 1.79. The molecule has 0 saturated carbocycles. The number of halogens is 2. The Labute approximate surface area is 100 Å². The fourth-order valence-corrected chi connectivity index (χ4v) is 3.02. The van der Waals surface area contributed by atoms with E-state index >= 15 is 0 Å². The van der Waals surface area contributed by atoms with Crippen molar-refractivity contribution in [3.63, 3.8) is 0 Å². The summed E-state index contributed by atoms with van der Waals surface area (Å²) in [5, 5.41) is 0. The van der Waals surface area contributed by atoms with E-state index in [2.05, 4.69) is 6.58 Å². The molecule has 2 aromatic carbocycles. The molecular formula is C15H11CfF2. The molecule has 0 aliphatic heterocycles. The van der Waals surface area contributed by atoms with Gasteiger partial charge in [-0.2, -0.15) is 0 Å². The molecule has 2 rings (SSSR count). The van der Waals surface area contributed by atoms with Gasteiger partial charge in [0.15, 0.2) is 0 Å². The maximum atomic E-state index is 12.2. The molecule has 0 aromatic heterocycles. The number of hydrogen-bond donors (Lipinski definition) is 0. The van der Waals surface area contributed by atoms with Crippen molar-refractivity contribution >= 4 is 19.1 Å². The normalized spacial score (nSPS) is 9.67. The Morgan fingerprint density at radius 3 is 1.83 bits per heavy atom. The van der Waals surface area contributed by atoms with Crippen molar-refractivity contribution in [2.75, 3.05) is 0 Å². The van der Waals surface area contributed by atoms with Crippen LogP contribution >= 0.6 is 0 Å². The molecule has 0 saturated heterocycles. The predicted octanol–water partition coefficient (Wildman–Crippen LogP) is 3.73. The molecule has 18 heavy (non-hydrogen) atoms. The Morgan fingerprint density at radius 1 is 0.889 bits per heavy atom. The van der Waals surface area contributed by atoms with E-state index in [9.17, 15) is 8.78 Å². The van der Waals surface area contributed by atoms with Crippen molar-refractivity contribution in [1.29, 1.82) is 0 Å². The van der Waals surface area contributed by atoms with Gasteiger partial charge in [0, 0.05) is 0 Å². The van der Waals surface area contributed by atoms with Crippen LogP contribution in [-0.4, -0.2) is 6.93 Å². The third-order valence-electron chi connectivity index (χ3n) is 2.45. The minimum absolute atomic E-state index is 0.774. The van der Waals surface area contributed by atoms with E-state index in [0.717, 1.165) is 22.8 Å². The quantitative estimate of drug-likeness (QED) is 0.629. The van der Waals surface area contributed by atoms with Crippen LogP contribution in [0.3, 0.4) is 0 Å². The van der Waals surface area contributed by atoms with Crippen molar-refractivity contribution < 1.29 is 8.78 Å². The average Bonchev–Trinajstić information content (AvgIpc) is 2.39. The molecule has 3 heteroatoms. The predicted molar refractivity (Wildman–Crippen MR) is 68.8 cm³/mol. The SMILES string of the molecule is C=Cc1ccc(-c2cc[c]([Cf]=[C](F)F)cc2)cc1. The molecule has 0 heterocycles. The molecule has 0 N–H and O–H groups in total. The van der Waals surface area contributed by atoms with E-state index in [1.54, 1.807) is 18.2 Å². The fourth-order valence-electron chi connectivity index (χ4n) is 1.57. The minimum atomic E-state index is -1.59. The molecule has 0 aliphatic rings. The van der Waals surface area contributed by atoms with Gasteiger partial charge in [0.2, 0.25) is 0 Å². The fraction of sp³-hybridized carbons (Fsp3) is 0. The summed E-state index contributed by atoms with van der Waals surface area (Å²) in [5.74, 6) is 0. The van der Waals surface area contributed by atoms with Crippen LogP contribution < -0.4 is 6.07 Å². The third-order valence-corrected chi connectivity index (χ3v) is 4.59. The van der Waals surface area contributed by atoms with Gasteiger partial charge in [-0.15, -0.1) is 0 Å². The van der Waals surface area contributed by atoms with Crippen LogP contribution in [0.15, 0.2) is 55.1 Å². The van der Waals surface area contributed by atoms with Gasteiger partial charge in [-0.25, -0.2) is 0 Å². The van der Waals surface area contributed by atoms with Gasteiger partial charge in [0.25, 0.3) is 0 Å². The Balaban J connectivity index is 2.28. The first-order valence-electron chi connectivity index (χ1n) is 5.28. The van der Waals surface area contributed by atoms with Crippen LogP contribution in [0.25, 0.3) is 17.2 Å². The van der Waals surface area contributed by atoms with Crippen molar-refractivity contribution in [1.82, 2.24) is 0 Å².